The van der Waals surface area contributed by atoms with Gasteiger partial charge in [-0.25, -0.2) is 4.98 Å². The number of aromatic nitrogens is 1. The maximum absolute atomic E-state index is 15.0. The Morgan fingerprint density at radius 2 is 1.53 bits per heavy atom. The highest BCUT2D eigenvalue weighted by Gasteiger charge is 2.72. The Labute approximate surface area is 446 Å². The predicted octanol–water partition coefficient (Wildman–Crippen LogP) is 9.71. The zero-order valence-electron chi connectivity index (χ0n) is 43.5. The first-order chi connectivity index (χ1) is 35.4. The van der Waals surface area contributed by atoms with E-state index in [1.165, 1.54) is 35.6 Å². The third kappa shape index (κ3) is 12.2. The van der Waals surface area contributed by atoms with Crippen molar-refractivity contribution < 1.29 is 64.8 Å². The smallest absolute Gasteiger partial charge is 0.377 e. The summed E-state index contributed by atoms with van der Waals surface area (Å²) in [6.07, 6.45) is -1.11. The number of aryl methyl sites for hydroxylation is 1. The average Bonchev–Trinajstić information content (AvgIpc) is 4.01. The van der Waals surface area contributed by atoms with E-state index < -0.39 is 120 Å². The second-order valence-corrected chi connectivity index (χ2v) is 22.2. The first-order valence-electron chi connectivity index (χ1n) is 24.6. The molecule has 1 saturated carbocycles. The number of hydrogen-bond acceptors (Lipinski definition) is 11. The number of carbonyl (C=O) groups is 4. The number of alkyl halides is 6. The van der Waals surface area contributed by atoms with Crippen LogP contribution in [-0.4, -0.2) is 113 Å². The molecule has 2 heterocycles. The number of thiazole rings is 1. The lowest BCUT2D eigenvalue weighted by Gasteiger charge is -2.63. The summed E-state index contributed by atoms with van der Waals surface area (Å²) < 4.78 is 106. The number of β-amino-alcohol motifs (C(OH)–C–C–N with tert-alkyl or cyclic N) is 1. The van der Waals surface area contributed by atoms with Crippen molar-refractivity contribution in [2.75, 3.05) is 26.4 Å². The molecule has 4 amide bonds. The van der Waals surface area contributed by atoms with E-state index >= 15 is 26.3 Å². The molecule has 22 heteroatoms. The van der Waals surface area contributed by atoms with E-state index in [9.17, 15) is 29.5 Å². The zero-order valence-corrected chi connectivity index (χ0v) is 45.1. The molecule has 1 saturated heterocycles. The van der Waals surface area contributed by atoms with Crippen molar-refractivity contribution in [2.24, 2.45) is 16.2 Å². The van der Waals surface area contributed by atoms with Gasteiger partial charge in [0.15, 0.2) is 6.61 Å². The van der Waals surface area contributed by atoms with Crippen molar-refractivity contribution in [3.8, 4) is 28.0 Å². The number of nitrogens with one attached hydrogen (secondary N) is 3. The van der Waals surface area contributed by atoms with Gasteiger partial charge >= 0.3 is 17.8 Å². The molecular formula is C54H63ClF6N6O8S. The minimum absolute atomic E-state index is 0.0462. The molecule has 4 atom stereocenters. The molecule has 14 nitrogen and oxygen atoms in total. The van der Waals surface area contributed by atoms with E-state index in [0.29, 0.717) is 5.75 Å². The molecule has 2 fully saturated rings. The van der Waals surface area contributed by atoms with E-state index in [1.54, 1.807) is 39.3 Å². The fourth-order valence-corrected chi connectivity index (χ4v) is 11.2. The van der Waals surface area contributed by atoms with Crippen LogP contribution in [0.4, 0.5) is 26.3 Å². The van der Waals surface area contributed by atoms with Crippen molar-refractivity contribution in [1.82, 2.24) is 25.8 Å². The maximum atomic E-state index is 15.0. The molecule has 0 radical (unpaired) electrons. The molecule has 4 aromatic rings. The van der Waals surface area contributed by atoms with Crippen molar-refractivity contribution in [2.45, 2.75) is 136 Å². The van der Waals surface area contributed by atoms with E-state index in [-0.39, 0.29) is 42.0 Å². The predicted molar refractivity (Wildman–Crippen MR) is 273 cm³/mol. The topological polar surface area (TPSA) is 192 Å². The Balaban J connectivity index is 1.01. The Kier molecular flexibility index (Phi) is 17.9. The molecular weight excluding hydrogens is 1040 g/mol. The van der Waals surface area contributed by atoms with Crippen LogP contribution in [0.25, 0.3) is 10.4 Å². The molecule has 1 aliphatic carbocycles. The zero-order chi connectivity index (χ0) is 56.3. The van der Waals surface area contributed by atoms with Crippen molar-refractivity contribution >= 4 is 46.6 Å². The van der Waals surface area contributed by atoms with Crippen molar-refractivity contribution in [3.05, 3.63) is 99.6 Å². The molecule has 412 valence electrons. The summed E-state index contributed by atoms with van der Waals surface area (Å²) >= 11 is 7.67. The number of amides is 4. The van der Waals surface area contributed by atoms with Gasteiger partial charge in [-0.05, 0) is 79.6 Å². The molecule has 6 rings (SSSR count). The normalized spacial score (nSPS) is 20.1. The van der Waals surface area contributed by atoms with Gasteiger partial charge in [-0.3, -0.25) is 19.2 Å². The largest absolute Gasteiger partial charge is 0.489 e. The highest BCUT2D eigenvalue weighted by atomic mass is 35.5. The second-order valence-electron chi connectivity index (χ2n) is 21.0. The first kappa shape index (κ1) is 59.3. The molecule has 76 heavy (non-hydrogen) atoms. The van der Waals surface area contributed by atoms with Gasteiger partial charge in [-0.2, -0.15) is 31.6 Å². The number of benzene rings is 3. The van der Waals surface area contributed by atoms with Gasteiger partial charge in [0.25, 0.3) is 5.91 Å². The van der Waals surface area contributed by atoms with E-state index in [0.717, 1.165) is 38.7 Å². The number of nitriles is 1. The summed E-state index contributed by atoms with van der Waals surface area (Å²) in [7, 11) is 0. The van der Waals surface area contributed by atoms with Gasteiger partial charge in [-0.1, -0.05) is 84.3 Å². The van der Waals surface area contributed by atoms with E-state index in [4.69, 9.17) is 21.1 Å². The van der Waals surface area contributed by atoms with E-state index in [2.05, 4.69) is 25.7 Å². The Hall–Kier alpha value is -5.95. The molecule has 1 aliphatic heterocycles. The van der Waals surface area contributed by atoms with Crippen LogP contribution < -0.4 is 25.4 Å². The molecule has 1 aromatic heterocycles. The standard InChI is InChI=1S/C54H63ClF6N6O8S/c1-10-51(9,11-2)43(46(72)67-25-36(68)22-40(67)45(71)64-30(3)32-12-14-33(15-13-32)42-31(4)63-29-76-42)65-41(69)26-73-27-52(56,57)54(60,61)53(58,59)28-74-37-19-16-34(17-20-37)44(70)66-47-49(5,6)48(50(47,7)8)75-38-21-18-35(24-62)39(55)23-38/h12-21,23,29-30,36,40,43,47-48,68H,10-11,22,25-28H2,1-9H3,(H,64,71)(H,65,69)(H,66,70)/t30?,36-,40+,43-,47?,48?/m1/s1. The molecule has 3 aromatic carbocycles. The third-order valence-electron chi connectivity index (χ3n) is 14.9. The van der Waals surface area contributed by atoms with Crippen LogP contribution in [0.1, 0.15) is 108 Å². The molecule has 2 aliphatic rings. The fourth-order valence-electron chi connectivity index (χ4n) is 10.2. The summed E-state index contributed by atoms with van der Waals surface area (Å²) in [5, 5.41) is 28.3. The number of rotatable bonds is 22. The van der Waals surface area contributed by atoms with E-state index in [1.807, 2.05) is 65.0 Å². The van der Waals surface area contributed by atoms with Crippen LogP contribution in [-0.2, 0) is 19.1 Å². The number of halogens is 7. The Morgan fingerprint density at radius 1 is 0.921 bits per heavy atom. The fraction of sp³-hybridized carbons (Fsp3) is 0.519. The summed E-state index contributed by atoms with van der Waals surface area (Å²) in [6.45, 7) is 10.1. The molecule has 0 spiro atoms. The molecule has 0 bridgehead atoms. The minimum Gasteiger partial charge on any atom is -0.489 e. The number of nitrogens with zero attached hydrogens (tertiary/aromatic N) is 3. The van der Waals surface area contributed by atoms with Crippen molar-refractivity contribution in [1.29, 1.82) is 5.26 Å². The maximum Gasteiger partial charge on any atom is 0.377 e. The third-order valence-corrected chi connectivity index (χ3v) is 16.2. The van der Waals surface area contributed by atoms with Gasteiger partial charge in [0.05, 0.1) is 38.8 Å². The number of aliphatic hydroxyl groups excluding tert-OH is 1. The lowest BCUT2D eigenvalue weighted by atomic mass is 9.49. The van der Waals surface area contributed by atoms with Crippen LogP contribution in [0, 0.1) is 34.5 Å². The second kappa shape index (κ2) is 22.9. The molecule has 4 N–H and O–H groups in total. The van der Waals surface area contributed by atoms with Crippen LogP contribution in [0.5, 0.6) is 11.5 Å². The van der Waals surface area contributed by atoms with Gasteiger partial charge in [0.1, 0.15) is 49.0 Å². The first-order valence-corrected chi connectivity index (χ1v) is 25.9. The molecule has 1 unspecified atom stereocenters. The lowest BCUT2D eigenvalue weighted by Crippen LogP contribution is -2.74. The number of ether oxygens (including phenoxy) is 3. The minimum atomic E-state index is -6.07. The van der Waals surface area contributed by atoms with Gasteiger partial charge in [-0.15, -0.1) is 11.3 Å². The number of hydrogen-bond donors (Lipinski definition) is 4. The number of aliphatic hydroxyl groups is 1. The highest BCUT2D eigenvalue weighted by molar-refractivity contribution is 7.13. The Bertz CT molecular complexity index is 2770. The van der Waals surface area contributed by atoms with Crippen LogP contribution in [0.15, 0.2) is 72.2 Å². The summed E-state index contributed by atoms with van der Waals surface area (Å²) in [6, 6.07) is 15.0. The van der Waals surface area contributed by atoms with Crippen LogP contribution in [0.2, 0.25) is 5.02 Å². The summed E-state index contributed by atoms with van der Waals surface area (Å²) in [5.41, 5.74) is 2.37. The lowest BCUT2D eigenvalue weighted by molar-refractivity contribution is -0.324. The number of likely N-dealkylation sites (tertiary alicyclic amines) is 1. The summed E-state index contributed by atoms with van der Waals surface area (Å²) in [5.74, 6) is -20.3. The van der Waals surface area contributed by atoms with Gasteiger partial charge in [0, 0.05) is 41.5 Å². The number of carbonyl (C=O) groups excluding carboxylic acids is 4. The van der Waals surface area contributed by atoms with Gasteiger partial charge in [0.2, 0.25) is 17.7 Å². The average molecular weight is 1110 g/mol. The SMILES string of the molecule is CCC(C)(CC)[C@H](NC(=O)COCC(F)(F)C(F)(F)C(F)(F)COc1ccc(C(=O)NC2C(C)(C)C(Oc3ccc(C#N)c(Cl)c3)C2(C)C)cc1)C(=O)N1C[C@H](O)C[C@H]1C(=O)NC(C)c1ccc(-c2scnc2C)cc1. The van der Waals surface area contributed by atoms with Crippen LogP contribution >= 0.6 is 22.9 Å². The summed E-state index contributed by atoms with van der Waals surface area (Å²) in [4.78, 5) is 61.1. The Morgan fingerprint density at radius 3 is 2.09 bits per heavy atom. The quantitative estimate of drug-likeness (QED) is 0.0551. The van der Waals surface area contributed by atoms with Gasteiger partial charge < -0.3 is 40.2 Å². The van der Waals surface area contributed by atoms with Crippen LogP contribution in [0.3, 0.4) is 0 Å². The monoisotopic (exact) mass is 1100 g/mol. The highest BCUT2D eigenvalue weighted by Crippen LogP contribution is 2.56. The van der Waals surface area contributed by atoms with Crippen molar-refractivity contribution in [3.63, 3.8) is 0 Å².